The lowest BCUT2D eigenvalue weighted by Gasteiger charge is -2.27. The third-order valence-corrected chi connectivity index (χ3v) is 4.58. The molecule has 3 aromatic carbocycles. The van der Waals surface area contributed by atoms with E-state index < -0.39 is 16.8 Å². The fourth-order valence-electron chi connectivity index (χ4n) is 3.07. The van der Waals surface area contributed by atoms with Gasteiger partial charge < -0.3 is 24.8 Å². The van der Waals surface area contributed by atoms with Gasteiger partial charge in [0.05, 0.1) is 24.9 Å². The Labute approximate surface area is 165 Å². The highest BCUT2D eigenvalue weighted by molar-refractivity contribution is 5.97. The zero-order chi connectivity index (χ0) is 20.4. The van der Waals surface area contributed by atoms with Crippen LogP contribution in [0.15, 0.2) is 58.1 Å². The van der Waals surface area contributed by atoms with Crippen LogP contribution in [-0.4, -0.2) is 32.3 Å². The van der Waals surface area contributed by atoms with Crippen LogP contribution in [0.1, 0.15) is 10.4 Å². The Morgan fingerprint density at radius 3 is 2.52 bits per heavy atom. The Morgan fingerprint density at radius 1 is 1.03 bits per heavy atom. The lowest BCUT2D eigenvalue weighted by Crippen LogP contribution is -2.41. The summed E-state index contributed by atoms with van der Waals surface area (Å²) < 4.78 is 16.2. The molecule has 0 unspecified atom stereocenters. The number of carbonyl (C=O) groups excluding carboxylic acids is 1. The molecule has 8 nitrogen and oxygen atoms in total. The molecule has 1 heterocycles. The Bertz CT molecular complexity index is 1130. The largest absolute Gasteiger partial charge is 0.486 e. The number of hydrogen-bond acceptors (Lipinski definition) is 8. The fraction of sp³-hybridized carbons (Fsp3) is 0.190. The average molecular weight is 394 g/mol. The molecule has 1 aliphatic rings. The van der Waals surface area contributed by atoms with Gasteiger partial charge in [-0.05, 0) is 24.3 Å². The van der Waals surface area contributed by atoms with Gasteiger partial charge in [-0.2, -0.15) is 0 Å². The number of esters is 1. The Hall–Kier alpha value is -3.81. The first-order chi connectivity index (χ1) is 14.1. The summed E-state index contributed by atoms with van der Waals surface area (Å²) in [5.41, 5.74) is -0.394. The molecule has 0 amide bonds. The number of ether oxygens (including phenoxy) is 3. The van der Waals surface area contributed by atoms with Crippen LogP contribution in [0, 0.1) is 0 Å². The lowest BCUT2D eigenvalue weighted by atomic mass is 10.1. The highest BCUT2D eigenvalue weighted by Crippen LogP contribution is 2.31. The molecule has 1 aliphatic heterocycles. The number of para-hydroxylation sites is 3. The van der Waals surface area contributed by atoms with Gasteiger partial charge in [0, 0.05) is 0 Å². The van der Waals surface area contributed by atoms with Crippen LogP contribution in [0.5, 0.6) is 11.5 Å². The Kier molecular flexibility index (Phi) is 4.90. The van der Waals surface area contributed by atoms with Gasteiger partial charge in [-0.15, -0.1) is 0 Å². The van der Waals surface area contributed by atoms with Gasteiger partial charge in [-0.25, -0.2) is 4.79 Å². The van der Waals surface area contributed by atoms with Gasteiger partial charge in [0.25, 0.3) is 10.9 Å². The molecule has 0 radical (unpaired) electrons. The maximum Gasteiger partial charge on any atom is 0.339 e. The van der Waals surface area contributed by atoms with E-state index in [9.17, 15) is 14.4 Å². The zero-order valence-corrected chi connectivity index (χ0v) is 15.6. The molecule has 0 saturated heterocycles. The van der Waals surface area contributed by atoms with Crippen molar-refractivity contribution in [2.75, 3.05) is 30.9 Å². The van der Waals surface area contributed by atoms with Crippen molar-refractivity contribution < 1.29 is 19.0 Å². The predicted octanol–water partition coefficient (Wildman–Crippen LogP) is 2.06. The minimum absolute atomic E-state index is 0.100. The number of methoxy groups -OCH3 is 1. The summed E-state index contributed by atoms with van der Waals surface area (Å²) in [5.74, 6) is 0.744. The second-order valence-electron chi connectivity index (χ2n) is 6.45. The highest BCUT2D eigenvalue weighted by atomic mass is 16.6. The van der Waals surface area contributed by atoms with Crippen LogP contribution in [-0.2, 0) is 4.74 Å². The molecule has 0 saturated carbocycles. The molecule has 8 heteroatoms. The monoisotopic (exact) mass is 394 g/mol. The number of anilines is 3. The van der Waals surface area contributed by atoms with Crippen molar-refractivity contribution in [1.82, 2.24) is 0 Å². The van der Waals surface area contributed by atoms with Crippen molar-refractivity contribution in [3.8, 4) is 11.5 Å². The summed E-state index contributed by atoms with van der Waals surface area (Å²) in [4.78, 5) is 36.0. The van der Waals surface area contributed by atoms with Crippen molar-refractivity contribution in [1.29, 1.82) is 0 Å². The third-order valence-electron chi connectivity index (χ3n) is 4.58. The van der Waals surface area contributed by atoms with E-state index in [-0.39, 0.29) is 29.6 Å². The Morgan fingerprint density at radius 2 is 1.72 bits per heavy atom. The summed E-state index contributed by atoms with van der Waals surface area (Å²) in [6.45, 7) is 0.583. The molecular formula is C21H18N2O6. The van der Waals surface area contributed by atoms with Gasteiger partial charge in [-0.1, -0.05) is 24.3 Å². The van der Waals surface area contributed by atoms with Crippen molar-refractivity contribution >= 4 is 23.0 Å². The minimum atomic E-state index is -0.654. The van der Waals surface area contributed by atoms with Crippen LogP contribution >= 0.6 is 0 Å². The first-order valence-electron chi connectivity index (χ1n) is 8.98. The second kappa shape index (κ2) is 7.67. The number of benzene rings is 2. The van der Waals surface area contributed by atoms with E-state index in [1.807, 2.05) is 18.2 Å². The van der Waals surface area contributed by atoms with Crippen molar-refractivity contribution in [2.24, 2.45) is 0 Å². The van der Waals surface area contributed by atoms with E-state index in [0.29, 0.717) is 23.8 Å². The molecule has 0 spiro atoms. The summed E-state index contributed by atoms with van der Waals surface area (Å²) in [6, 6.07) is 13.9. The molecule has 3 aromatic rings. The van der Waals surface area contributed by atoms with Gasteiger partial charge in [0.2, 0.25) is 0 Å². The van der Waals surface area contributed by atoms with Gasteiger partial charge >= 0.3 is 5.97 Å². The summed E-state index contributed by atoms with van der Waals surface area (Å²) in [6.07, 6.45) is -0.329. The fourth-order valence-corrected chi connectivity index (χ4v) is 3.07. The number of hydrogen-bond donors (Lipinski definition) is 2. The van der Waals surface area contributed by atoms with Gasteiger partial charge in [0.15, 0.2) is 11.5 Å². The van der Waals surface area contributed by atoms with Crippen LogP contribution < -0.4 is 31.0 Å². The topological polar surface area (TPSA) is 103 Å². The zero-order valence-electron chi connectivity index (χ0n) is 15.6. The quantitative estimate of drug-likeness (QED) is 0.484. The van der Waals surface area contributed by atoms with Crippen LogP contribution in [0.4, 0.5) is 17.1 Å². The van der Waals surface area contributed by atoms with E-state index in [1.165, 1.54) is 7.11 Å². The van der Waals surface area contributed by atoms with E-state index in [2.05, 4.69) is 10.6 Å². The number of fused-ring (bicyclic) bond motifs is 1. The normalized spacial score (nSPS) is 15.0. The second-order valence-corrected chi connectivity index (χ2v) is 6.45. The SMILES string of the molecule is COC(=O)c1ccccc1Nc1c(NC[C@@H]2COc3ccccc3O2)c(=O)c1=O. The lowest BCUT2D eigenvalue weighted by molar-refractivity contribution is 0.0602. The predicted molar refractivity (Wildman–Crippen MR) is 107 cm³/mol. The average Bonchev–Trinajstić information content (AvgIpc) is 2.77. The molecule has 29 heavy (non-hydrogen) atoms. The molecule has 148 valence electrons. The summed E-state index contributed by atoms with van der Waals surface area (Å²) in [5, 5.41) is 5.83. The summed E-state index contributed by atoms with van der Waals surface area (Å²) >= 11 is 0. The van der Waals surface area contributed by atoms with Crippen molar-refractivity contribution in [3.05, 3.63) is 74.5 Å². The van der Waals surface area contributed by atoms with Crippen LogP contribution in [0.2, 0.25) is 0 Å². The summed E-state index contributed by atoms with van der Waals surface area (Å²) in [7, 11) is 1.27. The van der Waals surface area contributed by atoms with E-state index >= 15 is 0 Å². The maximum absolute atomic E-state index is 12.1. The highest BCUT2D eigenvalue weighted by Gasteiger charge is 2.25. The Balaban J connectivity index is 1.48. The van der Waals surface area contributed by atoms with E-state index in [0.717, 1.165) is 0 Å². The number of nitrogens with one attached hydrogen (secondary N) is 2. The molecule has 1 atom stereocenters. The molecule has 0 bridgehead atoms. The standard InChI is InChI=1S/C21H18N2O6/c1-27-21(26)13-6-2-3-7-14(13)23-18-17(19(24)20(18)25)22-10-12-11-28-15-8-4-5-9-16(15)29-12/h2-9,12,22-23H,10-11H2,1H3/t12-/m1/s1. The van der Waals surface area contributed by atoms with Crippen LogP contribution in [0.3, 0.4) is 0 Å². The molecule has 0 aromatic heterocycles. The maximum atomic E-state index is 12.1. The first-order valence-corrected chi connectivity index (χ1v) is 8.98. The molecule has 2 N–H and O–H groups in total. The molecule has 0 fully saturated rings. The van der Waals surface area contributed by atoms with Crippen LogP contribution in [0.25, 0.3) is 0 Å². The molecule has 4 rings (SSSR count). The van der Waals surface area contributed by atoms with Gasteiger partial charge in [0.1, 0.15) is 24.1 Å². The minimum Gasteiger partial charge on any atom is -0.486 e. The van der Waals surface area contributed by atoms with E-state index in [4.69, 9.17) is 14.2 Å². The first kappa shape index (κ1) is 18.5. The van der Waals surface area contributed by atoms with Gasteiger partial charge in [-0.3, -0.25) is 9.59 Å². The third kappa shape index (κ3) is 3.52. The van der Waals surface area contributed by atoms with E-state index in [1.54, 1.807) is 30.3 Å². The smallest absolute Gasteiger partial charge is 0.339 e. The number of carbonyl (C=O) groups is 1. The van der Waals surface area contributed by atoms with Crippen molar-refractivity contribution in [3.63, 3.8) is 0 Å². The van der Waals surface area contributed by atoms with Crippen molar-refractivity contribution in [2.45, 2.75) is 6.10 Å². The molecule has 0 aliphatic carbocycles. The number of rotatable bonds is 6. The molecular weight excluding hydrogens is 376 g/mol.